The Kier molecular flexibility index (Phi) is 4.77. The minimum absolute atomic E-state index is 0.0641. The zero-order valence-corrected chi connectivity index (χ0v) is 15.7. The molecule has 1 N–H and O–H groups in total. The van der Waals surface area contributed by atoms with E-state index in [1.165, 1.54) is 4.90 Å². The van der Waals surface area contributed by atoms with Crippen molar-refractivity contribution in [3.8, 4) is 0 Å². The standard InChI is InChI=1S/C18H13IN2O2S/c1-11-5-4-7-13(9-11)21-17(23)14(16(22)20-18(21)24)10-12-6-2-3-8-15(12)19/h2-10H,1H3,(H,20,22,24)/b14-10+. The zero-order valence-electron chi connectivity index (χ0n) is 12.7. The molecule has 3 rings (SSSR count). The lowest BCUT2D eigenvalue weighted by atomic mass is 10.1. The zero-order chi connectivity index (χ0) is 17.3. The minimum Gasteiger partial charge on any atom is -0.298 e. The molecular formula is C18H13IN2O2S. The molecule has 120 valence electrons. The molecule has 1 aliphatic heterocycles. The summed E-state index contributed by atoms with van der Waals surface area (Å²) in [5, 5.41) is 2.69. The quantitative estimate of drug-likeness (QED) is 0.332. The van der Waals surface area contributed by atoms with Gasteiger partial charge in [0, 0.05) is 3.57 Å². The molecule has 0 aromatic heterocycles. The van der Waals surface area contributed by atoms with Gasteiger partial charge in [0.05, 0.1) is 5.69 Å². The van der Waals surface area contributed by atoms with Crippen molar-refractivity contribution in [3.63, 3.8) is 0 Å². The number of anilines is 1. The summed E-state index contributed by atoms with van der Waals surface area (Å²) < 4.78 is 0.957. The highest BCUT2D eigenvalue weighted by atomic mass is 127. The van der Waals surface area contributed by atoms with E-state index in [0.717, 1.165) is 14.7 Å². The molecule has 0 aliphatic carbocycles. The Hall–Kier alpha value is -2.06. The van der Waals surface area contributed by atoms with E-state index in [2.05, 4.69) is 27.9 Å². The monoisotopic (exact) mass is 448 g/mol. The maximum Gasteiger partial charge on any atom is 0.270 e. The highest BCUT2D eigenvalue weighted by molar-refractivity contribution is 14.1. The second kappa shape index (κ2) is 6.82. The molecule has 0 atom stereocenters. The van der Waals surface area contributed by atoms with Crippen LogP contribution in [0.5, 0.6) is 0 Å². The van der Waals surface area contributed by atoms with Crippen LogP contribution in [0, 0.1) is 10.5 Å². The Morgan fingerprint density at radius 2 is 1.88 bits per heavy atom. The summed E-state index contributed by atoms with van der Waals surface area (Å²) in [5.41, 5.74) is 2.52. The van der Waals surface area contributed by atoms with Crippen LogP contribution in [0.1, 0.15) is 11.1 Å². The van der Waals surface area contributed by atoms with Crippen LogP contribution in [-0.4, -0.2) is 16.9 Å². The lowest BCUT2D eigenvalue weighted by Crippen LogP contribution is -2.54. The average Bonchev–Trinajstić information content (AvgIpc) is 2.53. The molecule has 0 unspecified atom stereocenters. The van der Waals surface area contributed by atoms with Crippen molar-refractivity contribution in [3.05, 3.63) is 68.8 Å². The van der Waals surface area contributed by atoms with E-state index < -0.39 is 11.8 Å². The first-order chi connectivity index (χ1) is 11.5. The van der Waals surface area contributed by atoms with Crippen LogP contribution in [0.25, 0.3) is 6.08 Å². The molecule has 1 aliphatic rings. The number of thiocarbonyl (C=S) groups is 1. The van der Waals surface area contributed by atoms with Crippen molar-refractivity contribution in [1.82, 2.24) is 5.32 Å². The van der Waals surface area contributed by atoms with Crippen LogP contribution in [0.3, 0.4) is 0 Å². The fourth-order valence-corrected chi connectivity index (χ4v) is 3.23. The second-order valence-corrected chi connectivity index (χ2v) is 6.87. The molecule has 24 heavy (non-hydrogen) atoms. The smallest absolute Gasteiger partial charge is 0.270 e. The first-order valence-corrected chi connectivity index (χ1v) is 8.69. The van der Waals surface area contributed by atoms with Gasteiger partial charge in [-0.3, -0.25) is 19.8 Å². The molecular weight excluding hydrogens is 435 g/mol. The molecule has 2 aromatic rings. The Morgan fingerprint density at radius 1 is 1.12 bits per heavy atom. The lowest BCUT2D eigenvalue weighted by molar-refractivity contribution is -0.122. The summed E-state index contributed by atoms with van der Waals surface area (Å²) in [4.78, 5) is 26.5. The summed E-state index contributed by atoms with van der Waals surface area (Å²) in [6, 6.07) is 15.0. The maximum absolute atomic E-state index is 12.9. The number of amides is 2. The Bertz CT molecular complexity index is 892. The summed E-state index contributed by atoms with van der Waals surface area (Å²) in [7, 11) is 0. The Labute approximate surface area is 158 Å². The minimum atomic E-state index is -0.478. The Balaban J connectivity index is 2.05. The molecule has 1 heterocycles. The van der Waals surface area contributed by atoms with Crippen LogP contribution in [0.4, 0.5) is 5.69 Å². The third kappa shape index (κ3) is 3.25. The molecule has 0 saturated carbocycles. The van der Waals surface area contributed by atoms with Gasteiger partial charge in [-0.05, 0) is 77.1 Å². The van der Waals surface area contributed by atoms with E-state index in [9.17, 15) is 9.59 Å². The summed E-state index contributed by atoms with van der Waals surface area (Å²) in [6.07, 6.45) is 1.60. The molecule has 6 heteroatoms. The number of halogens is 1. The van der Waals surface area contributed by atoms with Gasteiger partial charge in [0.15, 0.2) is 5.11 Å². The fraction of sp³-hybridized carbons (Fsp3) is 0.0556. The summed E-state index contributed by atoms with van der Waals surface area (Å²) in [5.74, 6) is -0.900. The van der Waals surface area contributed by atoms with Crippen molar-refractivity contribution in [1.29, 1.82) is 0 Å². The van der Waals surface area contributed by atoms with E-state index in [1.807, 2.05) is 49.4 Å². The van der Waals surface area contributed by atoms with E-state index in [0.29, 0.717) is 5.69 Å². The van der Waals surface area contributed by atoms with Crippen LogP contribution >= 0.6 is 34.8 Å². The molecule has 4 nitrogen and oxygen atoms in total. The number of hydrogen-bond donors (Lipinski definition) is 1. The molecule has 0 radical (unpaired) electrons. The van der Waals surface area contributed by atoms with Crippen molar-refractivity contribution in [2.45, 2.75) is 6.92 Å². The maximum atomic E-state index is 12.9. The first kappa shape index (κ1) is 16.8. The van der Waals surface area contributed by atoms with E-state index in [4.69, 9.17) is 12.2 Å². The topological polar surface area (TPSA) is 49.4 Å². The van der Waals surface area contributed by atoms with Gasteiger partial charge in [0.1, 0.15) is 5.57 Å². The van der Waals surface area contributed by atoms with Crippen LogP contribution < -0.4 is 10.2 Å². The van der Waals surface area contributed by atoms with Gasteiger partial charge in [-0.25, -0.2) is 0 Å². The largest absolute Gasteiger partial charge is 0.298 e. The number of rotatable bonds is 2. The second-order valence-electron chi connectivity index (χ2n) is 5.32. The van der Waals surface area contributed by atoms with Gasteiger partial charge in [-0.2, -0.15) is 0 Å². The number of carbonyl (C=O) groups excluding carboxylic acids is 2. The van der Waals surface area contributed by atoms with Gasteiger partial charge < -0.3 is 0 Å². The number of aryl methyl sites for hydroxylation is 1. The summed E-state index contributed by atoms with van der Waals surface area (Å²) >= 11 is 7.36. The van der Waals surface area contributed by atoms with Crippen molar-refractivity contribution in [2.75, 3.05) is 4.90 Å². The predicted molar refractivity (Wildman–Crippen MR) is 107 cm³/mol. The van der Waals surface area contributed by atoms with Crippen LogP contribution in [0.2, 0.25) is 0 Å². The molecule has 0 spiro atoms. The van der Waals surface area contributed by atoms with E-state index >= 15 is 0 Å². The first-order valence-electron chi connectivity index (χ1n) is 7.20. The van der Waals surface area contributed by atoms with E-state index in [-0.39, 0.29) is 10.7 Å². The molecule has 2 amide bonds. The van der Waals surface area contributed by atoms with Gasteiger partial charge in [-0.15, -0.1) is 0 Å². The van der Waals surface area contributed by atoms with Gasteiger partial charge in [0.25, 0.3) is 11.8 Å². The number of hydrogen-bond acceptors (Lipinski definition) is 3. The van der Waals surface area contributed by atoms with Gasteiger partial charge >= 0.3 is 0 Å². The fourth-order valence-electron chi connectivity index (χ4n) is 2.41. The lowest BCUT2D eigenvalue weighted by Gasteiger charge is -2.29. The molecule has 1 saturated heterocycles. The van der Waals surface area contributed by atoms with Gasteiger partial charge in [-0.1, -0.05) is 30.3 Å². The van der Waals surface area contributed by atoms with Crippen molar-refractivity contribution >= 4 is 63.5 Å². The van der Waals surface area contributed by atoms with Crippen LogP contribution in [-0.2, 0) is 9.59 Å². The van der Waals surface area contributed by atoms with Crippen molar-refractivity contribution < 1.29 is 9.59 Å². The SMILES string of the molecule is Cc1cccc(N2C(=O)/C(=C/c3ccccc3I)C(=O)NC2=S)c1. The van der Waals surface area contributed by atoms with Crippen LogP contribution in [0.15, 0.2) is 54.1 Å². The molecule has 2 aromatic carbocycles. The number of nitrogens with one attached hydrogen (secondary N) is 1. The van der Waals surface area contributed by atoms with Crippen molar-refractivity contribution in [2.24, 2.45) is 0 Å². The van der Waals surface area contributed by atoms with E-state index in [1.54, 1.807) is 12.1 Å². The summed E-state index contributed by atoms with van der Waals surface area (Å²) in [6.45, 7) is 1.93. The number of nitrogens with zero attached hydrogens (tertiary/aromatic N) is 1. The number of carbonyl (C=O) groups is 2. The Morgan fingerprint density at radius 3 is 2.58 bits per heavy atom. The number of benzene rings is 2. The highest BCUT2D eigenvalue weighted by Crippen LogP contribution is 2.24. The highest BCUT2D eigenvalue weighted by Gasteiger charge is 2.34. The molecule has 1 fully saturated rings. The predicted octanol–water partition coefficient (Wildman–Crippen LogP) is 3.43. The molecule has 0 bridgehead atoms. The van der Waals surface area contributed by atoms with Gasteiger partial charge in [0.2, 0.25) is 0 Å². The third-order valence-corrected chi connectivity index (χ3v) is 4.83. The normalized spacial score (nSPS) is 16.5. The average molecular weight is 448 g/mol. The third-order valence-electron chi connectivity index (χ3n) is 3.57.